The highest BCUT2D eigenvalue weighted by atomic mass is 19.3. The Morgan fingerprint density at radius 2 is 1.56 bits per heavy atom. The molecule has 0 aliphatic carbocycles. The van der Waals surface area contributed by atoms with Crippen molar-refractivity contribution in [1.82, 2.24) is 5.32 Å². The second-order valence-electron chi connectivity index (χ2n) is 7.08. The standard InChI is InChI=1S/C23H15F8NO2/c24-11-15-7-13(3-6-19(15)27)21(33)32-20(12-1-4-16(25)5-2-12)14-8-17(26)10-18(9-14)34-23(30,31)22(28)29/h1-10,20,22H,11H2,(H,32,33)/t20-/m1/s1. The molecule has 3 aromatic carbocycles. The molecule has 0 aliphatic heterocycles. The molecule has 0 spiro atoms. The fourth-order valence-corrected chi connectivity index (χ4v) is 3.06. The topological polar surface area (TPSA) is 38.3 Å². The van der Waals surface area contributed by atoms with Gasteiger partial charge in [-0.15, -0.1) is 0 Å². The number of hydrogen-bond donors (Lipinski definition) is 1. The van der Waals surface area contributed by atoms with Gasteiger partial charge in [0.2, 0.25) is 0 Å². The van der Waals surface area contributed by atoms with Crippen LogP contribution in [0.2, 0.25) is 0 Å². The molecule has 0 fully saturated rings. The van der Waals surface area contributed by atoms with Gasteiger partial charge in [-0.3, -0.25) is 4.79 Å². The van der Waals surface area contributed by atoms with Crippen molar-refractivity contribution in [3.05, 3.63) is 100 Å². The Balaban J connectivity index is 2.02. The Hall–Kier alpha value is -3.63. The average Bonchev–Trinajstić information content (AvgIpc) is 2.77. The number of rotatable bonds is 8. The molecule has 0 heterocycles. The summed E-state index contributed by atoms with van der Waals surface area (Å²) < 4.78 is 110. The van der Waals surface area contributed by atoms with Gasteiger partial charge >= 0.3 is 12.5 Å². The second kappa shape index (κ2) is 10.1. The lowest BCUT2D eigenvalue weighted by Crippen LogP contribution is -2.33. The van der Waals surface area contributed by atoms with Crippen LogP contribution in [0.15, 0.2) is 60.7 Å². The largest absolute Gasteiger partial charge is 0.461 e. The zero-order valence-corrected chi connectivity index (χ0v) is 17.0. The predicted molar refractivity (Wildman–Crippen MR) is 105 cm³/mol. The molecular formula is C23H15F8NO2. The van der Waals surface area contributed by atoms with Crippen molar-refractivity contribution < 1.29 is 44.7 Å². The molecule has 3 aromatic rings. The summed E-state index contributed by atoms with van der Waals surface area (Å²) in [4.78, 5) is 12.8. The van der Waals surface area contributed by atoms with Gasteiger partial charge in [-0.25, -0.2) is 17.6 Å². The third-order valence-electron chi connectivity index (χ3n) is 4.67. The van der Waals surface area contributed by atoms with E-state index in [2.05, 4.69) is 10.1 Å². The molecule has 3 nitrogen and oxygen atoms in total. The van der Waals surface area contributed by atoms with Crippen LogP contribution in [-0.2, 0) is 6.67 Å². The minimum atomic E-state index is -4.92. The second-order valence-corrected chi connectivity index (χ2v) is 7.08. The normalized spacial score (nSPS) is 12.5. The van der Waals surface area contributed by atoms with Gasteiger partial charge in [0.15, 0.2) is 0 Å². The number of nitrogens with one attached hydrogen (secondary N) is 1. The number of carbonyl (C=O) groups excluding carboxylic acids is 1. The summed E-state index contributed by atoms with van der Waals surface area (Å²) >= 11 is 0. The zero-order chi connectivity index (χ0) is 25.0. The molecule has 0 aliphatic rings. The van der Waals surface area contributed by atoms with Crippen LogP contribution < -0.4 is 10.1 Å². The Morgan fingerprint density at radius 3 is 2.18 bits per heavy atom. The summed E-state index contributed by atoms with van der Waals surface area (Å²) in [6.45, 7) is -1.20. The van der Waals surface area contributed by atoms with Crippen molar-refractivity contribution in [3.63, 3.8) is 0 Å². The molecule has 1 atom stereocenters. The summed E-state index contributed by atoms with van der Waals surface area (Å²) in [6, 6.07) is 8.02. The van der Waals surface area contributed by atoms with E-state index in [-0.39, 0.29) is 16.7 Å². The maximum atomic E-state index is 14.2. The first-order valence-electron chi connectivity index (χ1n) is 9.56. The quantitative estimate of drug-likeness (QED) is 0.376. The van der Waals surface area contributed by atoms with Crippen LogP contribution in [-0.4, -0.2) is 18.4 Å². The van der Waals surface area contributed by atoms with Gasteiger partial charge < -0.3 is 10.1 Å². The molecule has 0 unspecified atom stereocenters. The number of amides is 1. The number of carbonyl (C=O) groups is 1. The van der Waals surface area contributed by atoms with Gasteiger partial charge in [-0.2, -0.15) is 17.6 Å². The van der Waals surface area contributed by atoms with Crippen molar-refractivity contribution in [2.75, 3.05) is 0 Å². The lowest BCUT2D eigenvalue weighted by molar-refractivity contribution is -0.253. The van der Waals surface area contributed by atoms with Gasteiger partial charge in [0, 0.05) is 17.2 Å². The van der Waals surface area contributed by atoms with Crippen molar-refractivity contribution in [2.24, 2.45) is 0 Å². The van der Waals surface area contributed by atoms with Crippen molar-refractivity contribution in [1.29, 1.82) is 0 Å². The van der Waals surface area contributed by atoms with Gasteiger partial charge in [-0.1, -0.05) is 12.1 Å². The third kappa shape index (κ3) is 5.83. The molecule has 11 heteroatoms. The Morgan fingerprint density at radius 1 is 0.882 bits per heavy atom. The van der Waals surface area contributed by atoms with Gasteiger partial charge in [0.1, 0.15) is 29.9 Å². The third-order valence-corrected chi connectivity index (χ3v) is 4.67. The van der Waals surface area contributed by atoms with Crippen LogP contribution >= 0.6 is 0 Å². The maximum absolute atomic E-state index is 14.2. The number of halogens is 8. The van der Waals surface area contributed by atoms with E-state index in [1.165, 1.54) is 12.1 Å². The van der Waals surface area contributed by atoms with E-state index >= 15 is 0 Å². The first-order valence-corrected chi connectivity index (χ1v) is 9.56. The SMILES string of the molecule is O=C(N[C@H](c1ccc(F)cc1)c1cc(F)cc(OC(F)(F)C(F)F)c1)c1ccc(F)c(CF)c1. The van der Waals surface area contributed by atoms with Gasteiger partial charge in [-0.05, 0) is 53.6 Å². The Bertz CT molecular complexity index is 1170. The predicted octanol–water partition coefficient (Wildman–Crippen LogP) is 6.33. The van der Waals surface area contributed by atoms with Gasteiger partial charge in [0.25, 0.3) is 5.91 Å². The van der Waals surface area contributed by atoms with E-state index in [0.29, 0.717) is 6.07 Å². The molecule has 1 amide bonds. The number of ether oxygens (including phenoxy) is 1. The molecule has 0 radical (unpaired) electrons. The van der Waals surface area contributed by atoms with Crippen LogP contribution in [0.4, 0.5) is 35.1 Å². The van der Waals surface area contributed by atoms with E-state index < -0.39 is 59.9 Å². The molecule has 0 saturated carbocycles. The van der Waals surface area contributed by atoms with Crippen molar-refractivity contribution >= 4 is 5.91 Å². The minimum Gasteiger partial charge on any atom is -0.428 e. The Labute approximate surface area is 188 Å². The van der Waals surface area contributed by atoms with Crippen LogP contribution in [0.3, 0.4) is 0 Å². The maximum Gasteiger partial charge on any atom is 0.461 e. The van der Waals surface area contributed by atoms with Crippen LogP contribution in [0.25, 0.3) is 0 Å². The molecule has 3 rings (SSSR count). The lowest BCUT2D eigenvalue weighted by atomic mass is 9.97. The monoisotopic (exact) mass is 489 g/mol. The summed E-state index contributed by atoms with van der Waals surface area (Å²) in [6.07, 6.45) is -9.12. The van der Waals surface area contributed by atoms with E-state index in [1.807, 2.05) is 0 Å². The van der Waals surface area contributed by atoms with E-state index in [0.717, 1.165) is 42.5 Å². The fourth-order valence-electron chi connectivity index (χ4n) is 3.06. The fraction of sp³-hybridized carbons (Fsp3) is 0.174. The van der Waals surface area contributed by atoms with Crippen LogP contribution in [0, 0.1) is 17.5 Å². The van der Waals surface area contributed by atoms with Crippen molar-refractivity contribution in [2.45, 2.75) is 25.3 Å². The van der Waals surface area contributed by atoms with E-state index in [9.17, 15) is 39.9 Å². The number of benzene rings is 3. The molecule has 34 heavy (non-hydrogen) atoms. The van der Waals surface area contributed by atoms with Gasteiger partial charge in [0.05, 0.1) is 6.04 Å². The summed E-state index contributed by atoms with van der Waals surface area (Å²) in [5.41, 5.74) is -0.646. The average molecular weight is 489 g/mol. The molecule has 0 bridgehead atoms. The smallest absolute Gasteiger partial charge is 0.428 e. The summed E-state index contributed by atoms with van der Waals surface area (Å²) in [7, 11) is 0. The first kappa shape index (κ1) is 25.0. The molecule has 0 aromatic heterocycles. The highest BCUT2D eigenvalue weighted by Gasteiger charge is 2.44. The lowest BCUT2D eigenvalue weighted by Gasteiger charge is -2.22. The highest BCUT2D eigenvalue weighted by molar-refractivity contribution is 5.94. The molecule has 180 valence electrons. The minimum absolute atomic E-state index is 0.153. The highest BCUT2D eigenvalue weighted by Crippen LogP contribution is 2.32. The summed E-state index contributed by atoms with van der Waals surface area (Å²) in [5.74, 6) is -4.54. The Kier molecular flexibility index (Phi) is 7.43. The van der Waals surface area contributed by atoms with E-state index in [4.69, 9.17) is 0 Å². The molecule has 0 saturated heterocycles. The van der Waals surface area contributed by atoms with Crippen LogP contribution in [0.1, 0.15) is 33.1 Å². The first-order chi connectivity index (χ1) is 16.0. The molecule has 1 N–H and O–H groups in total. The summed E-state index contributed by atoms with van der Waals surface area (Å²) in [5, 5.41) is 2.43. The number of hydrogen-bond acceptors (Lipinski definition) is 2. The van der Waals surface area contributed by atoms with Crippen molar-refractivity contribution in [3.8, 4) is 5.75 Å². The zero-order valence-electron chi connectivity index (χ0n) is 17.0. The number of alkyl halides is 5. The molecular weight excluding hydrogens is 474 g/mol. The van der Waals surface area contributed by atoms with E-state index in [1.54, 1.807) is 0 Å². The van der Waals surface area contributed by atoms with Crippen LogP contribution in [0.5, 0.6) is 5.75 Å².